The molecule has 0 saturated carbocycles. The van der Waals surface area contributed by atoms with Crippen molar-refractivity contribution in [1.29, 1.82) is 0 Å². The van der Waals surface area contributed by atoms with Gasteiger partial charge in [0, 0.05) is 21.3 Å². The van der Waals surface area contributed by atoms with Crippen molar-refractivity contribution < 1.29 is 28.8 Å². The minimum absolute atomic E-state index is 0.303. The number of hydrogen-bond acceptors (Lipinski definition) is 6. The highest BCUT2D eigenvalue weighted by Crippen LogP contribution is 2.27. The second-order valence-electron chi connectivity index (χ2n) is 5.18. The van der Waals surface area contributed by atoms with Crippen LogP contribution in [-0.2, 0) is 30.3 Å². The van der Waals surface area contributed by atoms with Crippen LogP contribution in [0.3, 0.4) is 0 Å². The molecule has 0 aromatic heterocycles. The lowest BCUT2D eigenvalue weighted by Gasteiger charge is -2.43. The second-order valence-corrected chi connectivity index (χ2v) is 5.18. The Morgan fingerprint density at radius 1 is 1.00 bits per heavy atom. The average molecular weight is 312 g/mol. The number of benzene rings is 1. The molecule has 0 spiro atoms. The Hall–Kier alpha value is -1.02. The van der Waals surface area contributed by atoms with Crippen LogP contribution in [0, 0.1) is 0 Å². The Kier molecular flexibility index (Phi) is 6.75. The lowest BCUT2D eigenvalue weighted by atomic mass is 9.98. The van der Waals surface area contributed by atoms with E-state index in [2.05, 4.69) is 0 Å². The molecule has 1 saturated heterocycles. The van der Waals surface area contributed by atoms with Gasteiger partial charge in [-0.3, -0.25) is 0 Å². The van der Waals surface area contributed by atoms with E-state index in [0.717, 1.165) is 5.56 Å². The van der Waals surface area contributed by atoms with Gasteiger partial charge >= 0.3 is 0 Å². The van der Waals surface area contributed by atoms with E-state index < -0.39 is 30.7 Å². The van der Waals surface area contributed by atoms with Gasteiger partial charge in [-0.2, -0.15) is 0 Å². The molecule has 0 bridgehead atoms. The molecule has 22 heavy (non-hydrogen) atoms. The van der Waals surface area contributed by atoms with Gasteiger partial charge in [0.2, 0.25) is 0 Å². The smallest absolute Gasteiger partial charge is 0.184 e. The molecule has 1 N–H and O–H groups in total. The Labute approximate surface area is 130 Å². The van der Waals surface area contributed by atoms with Crippen LogP contribution in [-0.4, -0.2) is 63.7 Å². The third kappa shape index (κ3) is 4.04. The summed E-state index contributed by atoms with van der Waals surface area (Å²) in [5.74, 6) is 0. The lowest BCUT2D eigenvalue weighted by Crippen LogP contribution is -2.60. The highest BCUT2D eigenvalue weighted by Gasteiger charge is 2.46. The van der Waals surface area contributed by atoms with E-state index in [0.29, 0.717) is 13.2 Å². The zero-order chi connectivity index (χ0) is 15.9. The van der Waals surface area contributed by atoms with Gasteiger partial charge < -0.3 is 28.8 Å². The third-order valence-electron chi connectivity index (χ3n) is 3.77. The zero-order valence-electron chi connectivity index (χ0n) is 13.2. The molecule has 0 radical (unpaired) electrons. The predicted octanol–water partition coefficient (Wildman–Crippen LogP) is 0.965. The van der Waals surface area contributed by atoms with Crippen LogP contribution in [0.5, 0.6) is 0 Å². The quantitative estimate of drug-likeness (QED) is 0.809. The summed E-state index contributed by atoms with van der Waals surface area (Å²) in [7, 11) is 4.67. The summed E-state index contributed by atoms with van der Waals surface area (Å²) in [5.41, 5.74) is 1.04. The van der Waals surface area contributed by atoms with Gasteiger partial charge in [-0.25, -0.2) is 0 Å². The van der Waals surface area contributed by atoms with E-state index in [4.69, 9.17) is 23.7 Å². The van der Waals surface area contributed by atoms with E-state index in [1.165, 1.54) is 7.11 Å². The minimum atomic E-state index is -1.09. The predicted molar refractivity (Wildman–Crippen MR) is 79.4 cm³/mol. The molecule has 6 nitrogen and oxygen atoms in total. The summed E-state index contributed by atoms with van der Waals surface area (Å²) in [5, 5.41) is 10.1. The first-order valence-electron chi connectivity index (χ1n) is 7.24. The maximum Gasteiger partial charge on any atom is 0.184 e. The first-order valence-corrected chi connectivity index (χ1v) is 7.24. The first kappa shape index (κ1) is 17.3. The summed E-state index contributed by atoms with van der Waals surface area (Å²) >= 11 is 0. The molecular weight excluding hydrogens is 288 g/mol. The summed E-state index contributed by atoms with van der Waals surface area (Å²) in [6, 6.07) is 9.81. The van der Waals surface area contributed by atoms with Crippen LogP contribution in [0.25, 0.3) is 0 Å². The van der Waals surface area contributed by atoms with Gasteiger partial charge in [-0.05, 0) is 5.56 Å². The fourth-order valence-electron chi connectivity index (χ4n) is 2.69. The number of hydrogen-bond donors (Lipinski definition) is 1. The first-order chi connectivity index (χ1) is 10.7. The molecule has 2 rings (SSSR count). The SMILES string of the molecule is COC[C@H]1O[C@@H](O)[C@H](OC)[C@@H](OCc2ccccc2)[C@H]1OC. The number of rotatable bonds is 7. The number of aliphatic hydroxyl groups is 1. The minimum Gasteiger partial charge on any atom is -0.382 e. The van der Waals surface area contributed by atoms with Gasteiger partial charge in [-0.15, -0.1) is 0 Å². The van der Waals surface area contributed by atoms with Crippen molar-refractivity contribution in [2.45, 2.75) is 37.3 Å². The summed E-state index contributed by atoms with van der Waals surface area (Å²) < 4.78 is 27.5. The van der Waals surface area contributed by atoms with Crippen molar-refractivity contribution in [3.63, 3.8) is 0 Å². The third-order valence-corrected chi connectivity index (χ3v) is 3.77. The normalized spacial score (nSPS) is 32.1. The Bertz CT molecular complexity index is 426. The standard InChI is InChI=1S/C16H24O6/c1-18-10-12-13(19-2)14(15(20-3)16(17)22-12)21-9-11-7-5-4-6-8-11/h4-8,12-17H,9-10H2,1-3H3/t12-,13+,14+,15-,16-/m1/s1. The number of methoxy groups -OCH3 is 3. The second kappa shape index (κ2) is 8.57. The monoisotopic (exact) mass is 312 g/mol. The van der Waals surface area contributed by atoms with Crippen LogP contribution >= 0.6 is 0 Å². The summed E-state index contributed by atoms with van der Waals surface area (Å²) in [4.78, 5) is 0. The molecule has 1 aliphatic rings. The molecule has 1 aliphatic heterocycles. The molecule has 6 heteroatoms. The summed E-state index contributed by atoms with van der Waals surface area (Å²) in [6.07, 6.45) is -2.98. The molecule has 1 fully saturated rings. The fourth-order valence-corrected chi connectivity index (χ4v) is 2.69. The molecule has 5 atom stereocenters. The maximum absolute atomic E-state index is 10.1. The van der Waals surface area contributed by atoms with Crippen molar-refractivity contribution in [3.8, 4) is 0 Å². The van der Waals surface area contributed by atoms with Crippen molar-refractivity contribution in [1.82, 2.24) is 0 Å². The fraction of sp³-hybridized carbons (Fsp3) is 0.625. The van der Waals surface area contributed by atoms with E-state index in [1.807, 2.05) is 30.3 Å². The average Bonchev–Trinajstić information content (AvgIpc) is 2.54. The van der Waals surface area contributed by atoms with E-state index in [9.17, 15) is 5.11 Å². The molecule has 1 heterocycles. The molecule has 1 aromatic carbocycles. The van der Waals surface area contributed by atoms with Crippen LogP contribution in [0.2, 0.25) is 0 Å². The number of aliphatic hydroxyl groups excluding tert-OH is 1. The molecule has 124 valence electrons. The van der Waals surface area contributed by atoms with Crippen LogP contribution in [0.4, 0.5) is 0 Å². The largest absolute Gasteiger partial charge is 0.382 e. The van der Waals surface area contributed by atoms with Gasteiger partial charge in [0.05, 0.1) is 13.2 Å². The van der Waals surface area contributed by atoms with Gasteiger partial charge in [0.25, 0.3) is 0 Å². The Morgan fingerprint density at radius 2 is 1.68 bits per heavy atom. The topological polar surface area (TPSA) is 66.4 Å². The van der Waals surface area contributed by atoms with Gasteiger partial charge in [0.1, 0.15) is 24.4 Å². The Balaban J connectivity index is 2.10. The van der Waals surface area contributed by atoms with E-state index in [-0.39, 0.29) is 0 Å². The van der Waals surface area contributed by atoms with Gasteiger partial charge in [0.15, 0.2) is 6.29 Å². The zero-order valence-corrected chi connectivity index (χ0v) is 13.2. The van der Waals surface area contributed by atoms with E-state index >= 15 is 0 Å². The van der Waals surface area contributed by atoms with E-state index in [1.54, 1.807) is 14.2 Å². The molecule has 0 amide bonds. The van der Waals surface area contributed by atoms with Crippen LogP contribution < -0.4 is 0 Å². The Morgan fingerprint density at radius 3 is 2.27 bits per heavy atom. The molecule has 0 unspecified atom stereocenters. The molecular formula is C16H24O6. The van der Waals surface area contributed by atoms with Crippen LogP contribution in [0.15, 0.2) is 30.3 Å². The highest BCUT2D eigenvalue weighted by molar-refractivity contribution is 5.13. The van der Waals surface area contributed by atoms with Gasteiger partial charge in [-0.1, -0.05) is 30.3 Å². The highest BCUT2D eigenvalue weighted by atomic mass is 16.7. The lowest BCUT2D eigenvalue weighted by molar-refractivity contribution is -0.305. The summed E-state index contributed by atoms with van der Waals surface area (Å²) in [6.45, 7) is 0.703. The van der Waals surface area contributed by atoms with Crippen molar-refractivity contribution in [2.75, 3.05) is 27.9 Å². The molecule has 1 aromatic rings. The number of ether oxygens (including phenoxy) is 5. The molecule has 0 aliphatic carbocycles. The van der Waals surface area contributed by atoms with Crippen molar-refractivity contribution in [3.05, 3.63) is 35.9 Å². The van der Waals surface area contributed by atoms with Crippen LogP contribution in [0.1, 0.15) is 5.56 Å². The van der Waals surface area contributed by atoms with Crippen molar-refractivity contribution >= 4 is 0 Å². The maximum atomic E-state index is 10.1. The van der Waals surface area contributed by atoms with Crippen molar-refractivity contribution in [2.24, 2.45) is 0 Å².